The summed E-state index contributed by atoms with van der Waals surface area (Å²) >= 11 is 0. The minimum absolute atomic E-state index is 1.11. The summed E-state index contributed by atoms with van der Waals surface area (Å²) in [5.41, 5.74) is 2.44. The fourth-order valence-electron chi connectivity index (χ4n) is 2.84. The highest BCUT2D eigenvalue weighted by Crippen LogP contribution is 2.10. The lowest BCUT2D eigenvalue weighted by Gasteiger charge is -2.36. The van der Waals surface area contributed by atoms with Crippen LogP contribution in [-0.4, -0.2) is 42.5 Å². The first-order valence-electron chi connectivity index (χ1n) is 9.98. The molecule has 1 aliphatic rings. The van der Waals surface area contributed by atoms with E-state index in [9.17, 15) is 0 Å². The lowest BCUT2D eigenvalue weighted by molar-refractivity contribution is 0.161. The van der Waals surface area contributed by atoms with Gasteiger partial charge in [-0.3, -0.25) is 4.90 Å². The molecular formula is C22H42N2. The average Bonchev–Trinajstić information content (AvgIpc) is 2.56. The molecule has 0 unspecified atom stereocenters. The maximum Gasteiger partial charge on any atom is 0.0306 e. The molecule has 0 amide bonds. The zero-order valence-corrected chi connectivity index (χ0v) is 16.9. The molecule has 1 rings (SSSR count). The van der Waals surface area contributed by atoms with Gasteiger partial charge in [0.05, 0.1) is 0 Å². The van der Waals surface area contributed by atoms with Crippen LogP contribution < -0.4 is 0 Å². The van der Waals surface area contributed by atoms with E-state index in [0.29, 0.717) is 0 Å². The third kappa shape index (κ3) is 12.4. The van der Waals surface area contributed by atoms with E-state index in [0.717, 1.165) is 38.3 Å². The summed E-state index contributed by atoms with van der Waals surface area (Å²) < 4.78 is 0. The summed E-state index contributed by atoms with van der Waals surface area (Å²) in [4.78, 5) is 4.91. The molecule has 0 aliphatic carbocycles. The van der Waals surface area contributed by atoms with E-state index in [1.807, 2.05) is 6.92 Å². The Morgan fingerprint density at radius 1 is 0.917 bits per heavy atom. The second-order valence-corrected chi connectivity index (χ2v) is 6.94. The molecule has 1 aliphatic heterocycles. The van der Waals surface area contributed by atoms with E-state index in [4.69, 9.17) is 0 Å². The van der Waals surface area contributed by atoms with Crippen LogP contribution in [0.25, 0.3) is 0 Å². The van der Waals surface area contributed by atoms with E-state index in [1.165, 1.54) is 50.6 Å². The number of unbranched alkanes of at least 4 members (excludes halogenated alkanes) is 4. The third-order valence-corrected chi connectivity index (χ3v) is 4.42. The molecule has 2 nitrogen and oxygen atoms in total. The Bertz CT molecular complexity index is 345. The van der Waals surface area contributed by atoms with Crippen molar-refractivity contribution in [2.75, 3.05) is 32.7 Å². The zero-order valence-electron chi connectivity index (χ0n) is 16.9. The van der Waals surface area contributed by atoms with Gasteiger partial charge in [-0.15, -0.1) is 6.58 Å². The first kappa shape index (κ1) is 23.0. The van der Waals surface area contributed by atoms with Gasteiger partial charge < -0.3 is 4.90 Å². The SMILES string of the molecule is C=C(C)CCCN1CCN(C(=C)/C=C/C)CC1.CCCCCCC. The summed E-state index contributed by atoms with van der Waals surface area (Å²) in [5, 5.41) is 0. The first-order chi connectivity index (χ1) is 11.5. The van der Waals surface area contributed by atoms with Crippen LogP contribution in [0.5, 0.6) is 0 Å². The fourth-order valence-corrected chi connectivity index (χ4v) is 2.84. The highest BCUT2D eigenvalue weighted by atomic mass is 15.3. The van der Waals surface area contributed by atoms with Crippen molar-refractivity contribution in [1.82, 2.24) is 9.80 Å². The number of piperazine rings is 1. The van der Waals surface area contributed by atoms with Gasteiger partial charge in [0.2, 0.25) is 0 Å². The van der Waals surface area contributed by atoms with Crippen molar-refractivity contribution < 1.29 is 0 Å². The molecule has 24 heavy (non-hydrogen) atoms. The summed E-state index contributed by atoms with van der Waals surface area (Å²) in [5.74, 6) is 0. The lowest BCUT2D eigenvalue weighted by atomic mass is 10.2. The summed E-state index contributed by atoms with van der Waals surface area (Å²) in [7, 11) is 0. The van der Waals surface area contributed by atoms with Crippen molar-refractivity contribution in [2.45, 2.75) is 72.6 Å². The second kappa shape index (κ2) is 15.5. The fraction of sp³-hybridized carbons (Fsp3) is 0.727. The number of hydrogen-bond acceptors (Lipinski definition) is 2. The Labute approximate surface area is 152 Å². The molecule has 0 aromatic carbocycles. The monoisotopic (exact) mass is 334 g/mol. The lowest BCUT2D eigenvalue weighted by Crippen LogP contribution is -2.45. The van der Waals surface area contributed by atoms with Crippen molar-refractivity contribution >= 4 is 0 Å². The largest absolute Gasteiger partial charge is 0.369 e. The van der Waals surface area contributed by atoms with Crippen molar-refractivity contribution in [2.24, 2.45) is 0 Å². The summed E-state index contributed by atoms with van der Waals surface area (Å²) in [6, 6.07) is 0. The quantitative estimate of drug-likeness (QED) is 0.273. The molecule has 0 aromatic heterocycles. The first-order valence-corrected chi connectivity index (χ1v) is 9.98. The highest BCUT2D eigenvalue weighted by molar-refractivity contribution is 5.13. The van der Waals surface area contributed by atoms with Crippen molar-refractivity contribution in [3.8, 4) is 0 Å². The van der Waals surface area contributed by atoms with E-state index < -0.39 is 0 Å². The van der Waals surface area contributed by atoms with Gasteiger partial charge in [0.25, 0.3) is 0 Å². The van der Waals surface area contributed by atoms with Crippen LogP contribution in [0.15, 0.2) is 36.6 Å². The predicted octanol–water partition coefficient (Wildman–Crippen LogP) is 6.03. The van der Waals surface area contributed by atoms with Crippen molar-refractivity contribution in [1.29, 1.82) is 0 Å². The maximum absolute atomic E-state index is 4.09. The molecule has 0 radical (unpaired) electrons. The Kier molecular flexibility index (Phi) is 14.8. The molecule has 1 fully saturated rings. The number of hydrogen-bond donors (Lipinski definition) is 0. The smallest absolute Gasteiger partial charge is 0.0306 e. The van der Waals surface area contributed by atoms with Crippen LogP contribution in [0.4, 0.5) is 0 Å². The van der Waals surface area contributed by atoms with E-state index in [1.54, 1.807) is 0 Å². The van der Waals surface area contributed by atoms with Gasteiger partial charge in [0, 0.05) is 31.9 Å². The van der Waals surface area contributed by atoms with Gasteiger partial charge in [-0.05, 0) is 39.3 Å². The van der Waals surface area contributed by atoms with Gasteiger partial charge >= 0.3 is 0 Å². The van der Waals surface area contributed by atoms with Gasteiger partial charge in [0.1, 0.15) is 0 Å². The van der Waals surface area contributed by atoms with Gasteiger partial charge in [-0.25, -0.2) is 0 Å². The Balaban J connectivity index is 0.000000640. The normalized spacial score (nSPS) is 15.2. The van der Waals surface area contributed by atoms with Gasteiger partial charge in [-0.2, -0.15) is 0 Å². The van der Waals surface area contributed by atoms with E-state index in [2.05, 4.69) is 55.9 Å². The van der Waals surface area contributed by atoms with E-state index in [-0.39, 0.29) is 0 Å². The van der Waals surface area contributed by atoms with Crippen LogP contribution in [0.1, 0.15) is 72.6 Å². The topological polar surface area (TPSA) is 6.48 Å². The molecule has 0 spiro atoms. The van der Waals surface area contributed by atoms with E-state index >= 15 is 0 Å². The van der Waals surface area contributed by atoms with Crippen LogP contribution >= 0.6 is 0 Å². The molecule has 0 atom stereocenters. The molecule has 0 bridgehead atoms. The highest BCUT2D eigenvalue weighted by Gasteiger charge is 2.16. The van der Waals surface area contributed by atoms with Crippen LogP contribution in [0.3, 0.4) is 0 Å². The predicted molar refractivity (Wildman–Crippen MR) is 110 cm³/mol. The standard InChI is InChI=1S/C15H26N2.C7H16/c1-5-7-15(4)17-12-10-16(11-13-17)9-6-8-14(2)3;1-3-5-7-6-4-2/h5,7H,2,4,6,8-13H2,1,3H3;3-7H2,1-2H3/b7-5+;. The van der Waals surface area contributed by atoms with Crippen LogP contribution in [0.2, 0.25) is 0 Å². The molecule has 0 aromatic rings. The Morgan fingerprint density at radius 2 is 1.50 bits per heavy atom. The Hall–Kier alpha value is -1.02. The van der Waals surface area contributed by atoms with Crippen LogP contribution in [-0.2, 0) is 0 Å². The summed E-state index contributed by atoms with van der Waals surface area (Å²) in [6.45, 7) is 22.4. The molecule has 1 saturated heterocycles. The Morgan fingerprint density at radius 3 is 1.96 bits per heavy atom. The number of rotatable bonds is 10. The molecular weight excluding hydrogens is 292 g/mol. The third-order valence-electron chi connectivity index (χ3n) is 4.42. The molecule has 140 valence electrons. The van der Waals surface area contributed by atoms with Gasteiger partial charge in [-0.1, -0.05) is 64.2 Å². The zero-order chi connectivity index (χ0) is 18.2. The van der Waals surface area contributed by atoms with Gasteiger partial charge in [0.15, 0.2) is 0 Å². The maximum atomic E-state index is 4.09. The van der Waals surface area contributed by atoms with Crippen molar-refractivity contribution in [3.63, 3.8) is 0 Å². The average molecular weight is 335 g/mol. The van der Waals surface area contributed by atoms with Crippen LogP contribution in [0, 0.1) is 0 Å². The molecule has 2 heteroatoms. The number of allylic oxidation sites excluding steroid dienone is 3. The van der Waals surface area contributed by atoms with Crippen molar-refractivity contribution in [3.05, 3.63) is 36.6 Å². The molecule has 0 N–H and O–H groups in total. The molecule has 1 heterocycles. The minimum Gasteiger partial charge on any atom is -0.369 e. The number of nitrogens with zero attached hydrogens (tertiary/aromatic N) is 2. The minimum atomic E-state index is 1.11. The molecule has 0 saturated carbocycles. The summed E-state index contributed by atoms with van der Waals surface area (Å²) in [6.07, 6.45) is 13.6. The second-order valence-electron chi connectivity index (χ2n) is 6.94.